The van der Waals surface area contributed by atoms with Crippen LogP contribution in [0, 0.1) is 12.8 Å². The Balaban J connectivity index is 2.37. The van der Waals surface area contributed by atoms with E-state index in [2.05, 4.69) is 28.9 Å². The summed E-state index contributed by atoms with van der Waals surface area (Å²) in [6.45, 7) is 8.08. The molecule has 0 radical (unpaired) electrons. The maximum absolute atomic E-state index is 11.4. The molecule has 0 amide bonds. The summed E-state index contributed by atoms with van der Waals surface area (Å²) >= 11 is 1.30. The number of carbonyl (C=O) groups is 1. The number of thiazole rings is 1. The molecule has 1 heterocycles. The number of hydrogen-bond donors (Lipinski definition) is 1. The van der Waals surface area contributed by atoms with Crippen molar-refractivity contribution in [3.8, 4) is 0 Å². The van der Waals surface area contributed by atoms with Crippen LogP contribution in [0.3, 0.4) is 0 Å². The number of nitrogens with one attached hydrogen (secondary N) is 1. The lowest BCUT2D eigenvalue weighted by atomic mass is 10.2. The van der Waals surface area contributed by atoms with E-state index in [1.165, 1.54) is 18.4 Å². The lowest BCUT2D eigenvalue weighted by Gasteiger charge is -2.06. The molecule has 0 spiro atoms. The molecule has 0 aliphatic heterocycles. The molecular formula is C12H20N2O3S. The first-order chi connectivity index (χ1) is 8.54. The van der Waals surface area contributed by atoms with Gasteiger partial charge in [-0.2, -0.15) is 0 Å². The highest BCUT2D eigenvalue weighted by Crippen LogP contribution is 2.22. The molecule has 0 saturated carbocycles. The number of ether oxygens (including phenoxy) is 2. The van der Waals surface area contributed by atoms with E-state index in [1.54, 1.807) is 6.92 Å². The summed E-state index contributed by atoms with van der Waals surface area (Å²) in [5.41, 5.74) is 0.692. The first-order valence-electron chi connectivity index (χ1n) is 5.92. The average molecular weight is 272 g/mol. The molecule has 0 fully saturated rings. The van der Waals surface area contributed by atoms with Crippen LogP contribution in [0.4, 0.5) is 5.13 Å². The van der Waals surface area contributed by atoms with Gasteiger partial charge in [-0.3, -0.25) is 0 Å². The fraction of sp³-hybridized carbons (Fsp3) is 0.667. The third kappa shape index (κ3) is 4.62. The number of anilines is 1. The van der Waals surface area contributed by atoms with Gasteiger partial charge in [0, 0.05) is 13.2 Å². The van der Waals surface area contributed by atoms with Gasteiger partial charge in [0.1, 0.15) is 4.88 Å². The lowest BCUT2D eigenvalue weighted by molar-refractivity contribution is 0.0605. The molecule has 0 atom stereocenters. The number of rotatable bonds is 7. The highest BCUT2D eigenvalue weighted by atomic mass is 32.1. The van der Waals surface area contributed by atoms with Crippen molar-refractivity contribution in [1.82, 2.24) is 4.98 Å². The highest BCUT2D eigenvalue weighted by Gasteiger charge is 2.15. The molecule has 18 heavy (non-hydrogen) atoms. The molecule has 0 aliphatic carbocycles. The Morgan fingerprint density at radius 1 is 1.50 bits per heavy atom. The van der Waals surface area contributed by atoms with Crippen LogP contribution < -0.4 is 5.32 Å². The molecule has 1 aromatic rings. The normalized spacial score (nSPS) is 10.7. The van der Waals surface area contributed by atoms with Gasteiger partial charge >= 0.3 is 5.97 Å². The van der Waals surface area contributed by atoms with Gasteiger partial charge in [-0.25, -0.2) is 9.78 Å². The maximum Gasteiger partial charge on any atom is 0.350 e. The van der Waals surface area contributed by atoms with Crippen molar-refractivity contribution >= 4 is 22.4 Å². The SMILES string of the molecule is COC(=O)c1sc(NCCOCC(C)C)nc1C. The molecule has 0 unspecified atom stereocenters. The highest BCUT2D eigenvalue weighted by molar-refractivity contribution is 7.17. The Hall–Kier alpha value is -1.14. The zero-order valence-corrected chi connectivity index (χ0v) is 12.1. The van der Waals surface area contributed by atoms with Crippen LogP contribution >= 0.6 is 11.3 Å². The van der Waals surface area contributed by atoms with Gasteiger partial charge in [0.25, 0.3) is 0 Å². The summed E-state index contributed by atoms with van der Waals surface area (Å²) in [5.74, 6) is 0.201. The number of aryl methyl sites for hydroxylation is 1. The Bertz CT molecular complexity index is 391. The van der Waals surface area contributed by atoms with Crippen molar-refractivity contribution < 1.29 is 14.3 Å². The van der Waals surface area contributed by atoms with Crippen LogP contribution in [-0.2, 0) is 9.47 Å². The lowest BCUT2D eigenvalue weighted by Crippen LogP contribution is -2.11. The maximum atomic E-state index is 11.4. The van der Waals surface area contributed by atoms with E-state index in [4.69, 9.17) is 4.74 Å². The molecule has 1 aromatic heterocycles. The van der Waals surface area contributed by atoms with E-state index in [0.29, 0.717) is 29.6 Å². The predicted molar refractivity (Wildman–Crippen MR) is 72.3 cm³/mol. The number of hydrogen-bond acceptors (Lipinski definition) is 6. The summed E-state index contributed by atoms with van der Waals surface area (Å²) in [5, 5.41) is 3.86. The van der Waals surface area contributed by atoms with Gasteiger partial charge in [0.2, 0.25) is 0 Å². The molecule has 1 N–H and O–H groups in total. The van der Waals surface area contributed by atoms with Gasteiger partial charge in [0.05, 0.1) is 19.4 Å². The van der Waals surface area contributed by atoms with Crippen LogP contribution in [0.2, 0.25) is 0 Å². The van der Waals surface area contributed by atoms with Gasteiger partial charge in [-0.1, -0.05) is 25.2 Å². The molecule has 0 aromatic carbocycles. The van der Waals surface area contributed by atoms with E-state index < -0.39 is 0 Å². The Labute approximate surface area is 112 Å². The molecule has 0 bridgehead atoms. The summed E-state index contributed by atoms with van der Waals surface area (Å²) in [7, 11) is 1.37. The van der Waals surface area contributed by atoms with Crippen molar-refractivity contribution in [2.75, 3.05) is 32.2 Å². The first kappa shape index (κ1) is 14.9. The second-order valence-corrected chi connectivity index (χ2v) is 5.32. The van der Waals surface area contributed by atoms with E-state index in [9.17, 15) is 4.79 Å². The molecule has 6 heteroatoms. The molecule has 0 saturated heterocycles. The van der Waals surface area contributed by atoms with Crippen molar-refractivity contribution in [3.63, 3.8) is 0 Å². The minimum absolute atomic E-state index is 0.339. The van der Waals surface area contributed by atoms with E-state index in [0.717, 1.165) is 11.7 Å². The van der Waals surface area contributed by atoms with E-state index in [-0.39, 0.29) is 5.97 Å². The third-order valence-corrected chi connectivity index (χ3v) is 3.24. The van der Waals surface area contributed by atoms with Crippen LogP contribution in [0.25, 0.3) is 0 Å². The molecule has 102 valence electrons. The average Bonchev–Trinajstić information content (AvgIpc) is 2.69. The summed E-state index contributed by atoms with van der Waals surface area (Å²) in [4.78, 5) is 16.2. The van der Waals surface area contributed by atoms with Crippen molar-refractivity contribution in [2.45, 2.75) is 20.8 Å². The molecule has 0 aliphatic rings. The first-order valence-corrected chi connectivity index (χ1v) is 6.73. The summed E-state index contributed by atoms with van der Waals surface area (Å²) in [6.07, 6.45) is 0. The van der Waals surface area contributed by atoms with E-state index >= 15 is 0 Å². The van der Waals surface area contributed by atoms with Crippen LogP contribution in [-0.4, -0.2) is 37.8 Å². The topological polar surface area (TPSA) is 60.5 Å². The Kier molecular flexibility index (Phi) is 6.07. The standard InChI is InChI=1S/C12H20N2O3S/c1-8(2)7-17-6-5-13-12-14-9(3)10(18-12)11(15)16-4/h8H,5-7H2,1-4H3,(H,13,14). The summed E-state index contributed by atoms with van der Waals surface area (Å²) in [6, 6.07) is 0. The summed E-state index contributed by atoms with van der Waals surface area (Å²) < 4.78 is 10.1. The second kappa shape index (κ2) is 7.33. The van der Waals surface area contributed by atoms with Crippen LogP contribution in [0.1, 0.15) is 29.2 Å². The molecule has 5 nitrogen and oxygen atoms in total. The number of esters is 1. The van der Waals surface area contributed by atoms with Gasteiger partial charge < -0.3 is 14.8 Å². The van der Waals surface area contributed by atoms with Crippen LogP contribution in [0.5, 0.6) is 0 Å². The number of aromatic nitrogens is 1. The largest absolute Gasteiger partial charge is 0.465 e. The monoisotopic (exact) mass is 272 g/mol. The zero-order valence-electron chi connectivity index (χ0n) is 11.3. The van der Waals surface area contributed by atoms with Crippen LogP contribution in [0.15, 0.2) is 0 Å². The fourth-order valence-electron chi connectivity index (χ4n) is 1.30. The predicted octanol–water partition coefficient (Wildman–Crippen LogP) is 2.32. The smallest absolute Gasteiger partial charge is 0.350 e. The van der Waals surface area contributed by atoms with E-state index in [1.807, 2.05) is 0 Å². The quantitative estimate of drug-likeness (QED) is 0.609. The zero-order chi connectivity index (χ0) is 13.5. The number of carbonyl (C=O) groups excluding carboxylic acids is 1. The third-order valence-electron chi connectivity index (χ3n) is 2.14. The van der Waals surface area contributed by atoms with Crippen molar-refractivity contribution in [3.05, 3.63) is 10.6 Å². The molecular weight excluding hydrogens is 252 g/mol. The minimum Gasteiger partial charge on any atom is -0.465 e. The minimum atomic E-state index is -0.339. The number of methoxy groups -OCH3 is 1. The van der Waals surface area contributed by atoms with Crippen molar-refractivity contribution in [2.24, 2.45) is 5.92 Å². The Morgan fingerprint density at radius 2 is 2.22 bits per heavy atom. The number of nitrogens with zero attached hydrogens (tertiary/aromatic N) is 1. The Morgan fingerprint density at radius 3 is 2.83 bits per heavy atom. The second-order valence-electron chi connectivity index (χ2n) is 4.32. The fourth-order valence-corrected chi connectivity index (χ4v) is 2.21. The molecule has 1 rings (SSSR count). The van der Waals surface area contributed by atoms with Gasteiger partial charge in [-0.05, 0) is 12.8 Å². The van der Waals surface area contributed by atoms with Gasteiger partial charge in [0.15, 0.2) is 5.13 Å². The van der Waals surface area contributed by atoms with Crippen molar-refractivity contribution in [1.29, 1.82) is 0 Å². The van der Waals surface area contributed by atoms with Gasteiger partial charge in [-0.15, -0.1) is 0 Å².